The molecule has 0 amide bonds. The van der Waals surface area contributed by atoms with E-state index in [1.807, 2.05) is 6.08 Å². The molecule has 0 saturated heterocycles. The molecular weight excluding hydrogens is 135 g/mol. The zero-order valence-corrected chi connectivity index (χ0v) is 9.81. The van der Waals surface area contributed by atoms with Crippen molar-refractivity contribution < 1.29 is 51.4 Å². The van der Waals surface area contributed by atoms with E-state index in [0.717, 1.165) is 0 Å². The van der Waals surface area contributed by atoms with Gasteiger partial charge in [0, 0.05) is 0 Å². The summed E-state index contributed by atoms with van der Waals surface area (Å²) >= 11 is 0. The van der Waals surface area contributed by atoms with Crippen molar-refractivity contribution in [1.29, 1.82) is 0 Å². The fourth-order valence-corrected chi connectivity index (χ4v) is 0.630. The van der Waals surface area contributed by atoms with Crippen LogP contribution in [0.3, 0.4) is 0 Å². The maximum Gasteiger partial charge on any atom is 1.00 e. The Bertz CT molecular complexity index is 50.5. The fraction of sp³-hybridized carbons (Fsp3) is 0.625. The Morgan fingerprint density at radius 1 is 1.33 bits per heavy atom. The Hall–Kier alpha value is 1.38. The van der Waals surface area contributed by atoms with Crippen LogP contribution in [0.5, 0.6) is 0 Å². The monoisotopic (exact) mass is 150 g/mol. The molecule has 0 aromatic rings. The van der Waals surface area contributed by atoms with E-state index in [1.165, 1.54) is 25.7 Å². The zero-order chi connectivity index (χ0) is 6.24. The minimum absolute atomic E-state index is 0. The molecule has 0 rings (SSSR count). The van der Waals surface area contributed by atoms with Crippen molar-refractivity contribution in [2.24, 2.45) is 0 Å². The van der Waals surface area contributed by atoms with Crippen LogP contribution in [0.15, 0.2) is 12.7 Å². The topological polar surface area (TPSA) is 0 Å². The third-order valence-corrected chi connectivity index (χ3v) is 1.14. The number of unbranched alkanes of at least 4 members (excludes halogenated alkanes) is 4. The van der Waals surface area contributed by atoms with E-state index in [-0.39, 0.29) is 51.4 Å². The van der Waals surface area contributed by atoms with Gasteiger partial charge in [-0.05, 0) is 12.8 Å². The van der Waals surface area contributed by atoms with E-state index >= 15 is 0 Å². The molecule has 1 radical (unpaired) electrons. The third kappa shape index (κ3) is 12.5. The van der Waals surface area contributed by atoms with Gasteiger partial charge in [-0.25, -0.2) is 0 Å². The second-order valence-corrected chi connectivity index (χ2v) is 1.97. The summed E-state index contributed by atoms with van der Waals surface area (Å²) in [7, 11) is 0. The van der Waals surface area contributed by atoms with Gasteiger partial charge < -0.3 is 0 Å². The first-order valence-corrected chi connectivity index (χ1v) is 3.36. The summed E-state index contributed by atoms with van der Waals surface area (Å²) in [6.45, 7) is 5.82. The van der Waals surface area contributed by atoms with Crippen LogP contribution in [-0.4, -0.2) is 0 Å². The van der Waals surface area contributed by atoms with Gasteiger partial charge in [0.25, 0.3) is 0 Å². The Morgan fingerprint density at radius 3 is 2.44 bits per heavy atom. The molecule has 0 aliphatic carbocycles. The Kier molecular flexibility index (Phi) is 17.5. The predicted octanol–water partition coefficient (Wildman–Crippen LogP) is -0.0390. The van der Waals surface area contributed by atoms with E-state index in [1.54, 1.807) is 0 Å². The van der Waals surface area contributed by atoms with Crippen molar-refractivity contribution in [3.05, 3.63) is 19.1 Å². The molecule has 0 unspecified atom stereocenters. The SMILES string of the molecule is C=C[CH]CCCCC.[K+]. The molecule has 0 aliphatic rings. The van der Waals surface area contributed by atoms with Crippen molar-refractivity contribution in [3.63, 3.8) is 0 Å². The maximum absolute atomic E-state index is 3.60. The molecule has 0 aromatic heterocycles. The van der Waals surface area contributed by atoms with Crippen LogP contribution in [0.1, 0.15) is 32.6 Å². The summed E-state index contributed by atoms with van der Waals surface area (Å²) in [6, 6.07) is 0. The van der Waals surface area contributed by atoms with Gasteiger partial charge >= 0.3 is 51.4 Å². The van der Waals surface area contributed by atoms with Crippen LogP contribution in [-0.2, 0) is 0 Å². The summed E-state index contributed by atoms with van der Waals surface area (Å²) < 4.78 is 0. The van der Waals surface area contributed by atoms with Gasteiger partial charge in [0.2, 0.25) is 0 Å². The van der Waals surface area contributed by atoms with Crippen LogP contribution < -0.4 is 51.4 Å². The van der Waals surface area contributed by atoms with Gasteiger partial charge in [0.15, 0.2) is 0 Å². The van der Waals surface area contributed by atoms with Gasteiger partial charge in [0.05, 0.1) is 0 Å². The van der Waals surface area contributed by atoms with Gasteiger partial charge in [-0.1, -0.05) is 32.3 Å². The first kappa shape index (κ1) is 13.0. The molecule has 0 saturated carbocycles. The fourth-order valence-electron chi connectivity index (χ4n) is 0.630. The minimum atomic E-state index is 0. The molecule has 47 valence electrons. The molecule has 0 fully saturated rings. The number of allylic oxidation sites excluding steroid dienone is 1. The third-order valence-electron chi connectivity index (χ3n) is 1.14. The number of rotatable bonds is 5. The second-order valence-electron chi connectivity index (χ2n) is 1.97. The summed E-state index contributed by atoms with van der Waals surface area (Å²) in [4.78, 5) is 0. The molecule has 1 heteroatoms. The smallest absolute Gasteiger partial charge is 0.103 e. The van der Waals surface area contributed by atoms with Crippen molar-refractivity contribution in [3.8, 4) is 0 Å². The summed E-state index contributed by atoms with van der Waals surface area (Å²) in [5.41, 5.74) is 0. The molecule has 0 aliphatic heterocycles. The first-order valence-electron chi connectivity index (χ1n) is 3.36. The van der Waals surface area contributed by atoms with E-state index in [9.17, 15) is 0 Å². The normalized spacial score (nSPS) is 8.11. The van der Waals surface area contributed by atoms with Crippen molar-refractivity contribution in [1.82, 2.24) is 0 Å². The minimum Gasteiger partial charge on any atom is -0.103 e. The standard InChI is InChI=1S/C8H15.K/c1-3-5-7-8-6-4-2;/h3,5H,1,4,6-8H2,2H3;/q;+1. The molecule has 0 heterocycles. The van der Waals surface area contributed by atoms with Gasteiger partial charge in [0.1, 0.15) is 0 Å². The Balaban J connectivity index is 0. The average Bonchev–Trinajstić information content (AvgIpc) is 1.81. The average molecular weight is 150 g/mol. The van der Waals surface area contributed by atoms with Gasteiger partial charge in [-0.15, -0.1) is 6.58 Å². The quantitative estimate of drug-likeness (QED) is 0.381. The van der Waals surface area contributed by atoms with Crippen LogP contribution in [0.2, 0.25) is 0 Å². The molecule has 0 aromatic carbocycles. The molecule has 0 bridgehead atoms. The maximum atomic E-state index is 3.60. The van der Waals surface area contributed by atoms with E-state index in [4.69, 9.17) is 0 Å². The Morgan fingerprint density at radius 2 is 2.00 bits per heavy atom. The second kappa shape index (κ2) is 12.1. The van der Waals surface area contributed by atoms with Crippen LogP contribution in [0, 0.1) is 6.42 Å². The molecule has 0 atom stereocenters. The van der Waals surface area contributed by atoms with Crippen LogP contribution in [0.25, 0.3) is 0 Å². The van der Waals surface area contributed by atoms with E-state index in [0.29, 0.717) is 0 Å². The zero-order valence-electron chi connectivity index (χ0n) is 6.69. The largest absolute Gasteiger partial charge is 1.00 e. The summed E-state index contributed by atoms with van der Waals surface area (Å²) in [5, 5.41) is 0. The summed E-state index contributed by atoms with van der Waals surface area (Å²) in [5.74, 6) is 0. The molecule has 0 nitrogen and oxygen atoms in total. The first-order chi connectivity index (χ1) is 3.91. The van der Waals surface area contributed by atoms with Crippen LogP contribution in [0.4, 0.5) is 0 Å². The van der Waals surface area contributed by atoms with E-state index < -0.39 is 0 Å². The van der Waals surface area contributed by atoms with Crippen molar-refractivity contribution in [2.75, 3.05) is 0 Å². The molecule has 0 N–H and O–H groups in total. The number of hydrogen-bond donors (Lipinski definition) is 0. The Labute approximate surface area is 102 Å². The van der Waals surface area contributed by atoms with E-state index in [2.05, 4.69) is 19.9 Å². The van der Waals surface area contributed by atoms with Crippen LogP contribution >= 0.6 is 0 Å². The summed E-state index contributed by atoms with van der Waals surface area (Å²) in [6.07, 6.45) is 9.18. The van der Waals surface area contributed by atoms with Gasteiger partial charge in [-0.2, -0.15) is 0 Å². The predicted molar refractivity (Wildman–Crippen MR) is 38.6 cm³/mol. The van der Waals surface area contributed by atoms with Crippen molar-refractivity contribution >= 4 is 0 Å². The van der Waals surface area contributed by atoms with Crippen molar-refractivity contribution in [2.45, 2.75) is 32.6 Å². The number of hydrogen-bond acceptors (Lipinski definition) is 0. The molecule has 9 heavy (non-hydrogen) atoms. The molecule has 0 spiro atoms. The molecular formula is C8H15K+. The van der Waals surface area contributed by atoms with Gasteiger partial charge in [-0.3, -0.25) is 0 Å².